The highest BCUT2D eigenvalue weighted by Gasteiger charge is 2.21. The number of morpholine rings is 1. The zero-order valence-corrected chi connectivity index (χ0v) is 20.7. The zero-order valence-electron chi connectivity index (χ0n) is 19.9. The van der Waals surface area contributed by atoms with Crippen molar-refractivity contribution < 1.29 is 14.7 Å². The van der Waals surface area contributed by atoms with Gasteiger partial charge in [0.05, 0.1) is 47.3 Å². The summed E-state index contributed by atoms with van der Waals surface area (Å²) in [7, 11) is 1.88. The normalized spacial score (nSPS) is 13.8. The van der Waals surface area contributed by atoms with Crippen molar-refractivity contribution in [3.63, 3.8) is 0 Å². The fourth-order valence-corrected chi connectivity index (χ4v) is 5.49. The molecule has 1 saturated heterocycles. The first kappa shape index (κ1) is 23.2. The summed E-state index contributed by atoms with van der Waals surface area (Å²) in [6, 6.07) is 8.05. The van der Waals surface area contributed by atoms with Crippen LogP contribution in [0.4, 0.5) is 11.8 Å². The third-order valence-electron chi connectivity index (χ3n) is 6.18. The number of fused-ring (bicyclic) bond motifs is 2. The molecule has 188 valence electrons. The predicted octanol–water partition coefficient (Wildman–Crippen LogP) is 2.62. The molecule has 37 heavy (non-hydrogen) atoms. The summed E-state index contributed by atoms with van der Waals surface area (Å²) in [5.41, 5.74) is 4.48. The van der Waals surface area contributed by atoms with E-state index >= 15 is 0 Å². The van der Waals surface area contributed by atoms with Gasteiger partial charge in [-0.1, -0.05) is 12.1 Å². The first-order valence-corrected chi connectivity index (χ1v) is 12.5. The fraction of sp³-hybridized carbons (Fsp3) is 0.250. The molecule has 13 heteroatoms. The molecule has 4 aromatic heterocycles. The molecule has 1 fully saturated rings. The smallest absolute Gasteiger partial charge is 0.277 e. The van der Waals surface area contributed by atoms with Gasteiger partial charge in [-0.3, -0.25) is 15.1 Å². The SMILES string of the molecule is CN(Cc1cc2nc(-c3cccc4[nH]ncc34)nc(N3CCOCC3)c2s1)c1ncc(C(=O)NO)cn1. The van der Waals surface area contributed by atoms with Crippen molar-refractivity contribution in [1.29, 1.82) is 0 Å². The number of aromatic amines is 1. The summed E-state index contributed by atoms with van der Waals surface area (Å²) in [5, 5.41) is 17.0. The lowest BCUT2D eigenvalue weighted by atomic mass is 10.1. The Kier molecular flexibility index (Phi) is 6.08. The second-order valence-electron chi connectivity index (χ2n) is 8.60. The van der Waals surface area contributed by atoms with Crippen molar-refractivity contribution in [2.75, 3.05) is 43.2 Å². The largest absolute Gasteiger partial charge is 0.378 e. The van der Waals surface area contributed by atoms with Gasteiger partial charge in [-0.05, 0) is 12.1 Å². The minimum atomic E-state index is -0.658. The Hall–Kier alpha value is -4.20. The lowest BCUT2D eigenvalue weighted by Gasteiger charge is -2.28. The Morgan fingerprint density at radius 2 is 2.03 bits per heavy atom. The summed E-state index contributed by atoms with van der Waals surface area (Å²) in [4.78, 5) is 35.3. The number of aromatic nitrogens is 6. The number of ether oxygens (including phenoxy) is 1. The maximum absolute atomic E-state index is 11.6. The van der Waals surface area contributed by atoms with Gasteiger partial charge < -0.3 is 14.5 Å². The third-order valence-corrected chi connectivity index (χ3v) is 7.28. The molecule has 0 spiro atoms. The van der Waals surface area contributed by atoms with Gasteiger partial charge in [0.25, 0.3) is 5.91 Å². The molecule has 1 amide bonds. The highest BCUT2D eigenvalue weighted by Crippen LogP contribution is 2.36. The van der Waals surface area contributed by atoms with E-state index in [4.69, 9.17) is 19.9 Å². The van der Waals surface area contributed by atoms with Crippen LogP contribution in [0.25, 0.3) is 32.5 Å². The van der Waals surface area contributed by atoms with Crippen molar-refractivity contribution in [2.45, 2.75) is 6.54 Å². The van der Waals surface area contributed by atoms with Crippen LogP contribution in [-0.4, -0.2) is 74.6 Å². The van der Waals surface area contributed by atoms with Gasteiger partial charge in [0, 0.05) is 48.4 Å². The molecular weight excluding hydrogens is 494 g/mol. The molecule has 12 nitrogen and oxygen atoms in total. The Labute approximate surface area is 214 Å². The number of nitrogens with zero attached hydrogens (tertiary/aromatic N) is 7. The number of hydrogen-bond donors (Lipinski definition) is 3. The van der Waals surface area contributed by atoms with Gasteiger partial charge in [0.15, 0.2) is 11.6 Å². The minimum Gasteiger partial charge on any atom is -0.378 e. The van der Waals surface area contributed by atoms with Crippen LogP contribution in [0.15, 0.2) is 42.9 Å². The lowest BCUT2D eigenvalue weighted by molar-refractivity contribution is 0.0705. The van der Waals surface area contributed by atoms with E-state index in [0.29, 0.717) is 31.5 Å². The van der Waals surface area contributed by atoms with Crippen LogP contribution >= 0.6 is 11.3 Å². The third kappa shape index (κ3) is 4.43. The van der Waals surface area contributed by atoms with E-state index in [2.05, 4.69) is 31.1 Å². The molecule has 0 saturated carbocycles. The monoisotopic (exact) mass is 517 g/mol. The zero-order chi connectivity index (χ0) is 25.4. The highest BCUT2D eigenvalue weighted by atomic mass is 32.1. The molecule has 1 aromatic carbocycles. The van der Waals surface area contributed by atoms with Crippen LogP contribution in [0.1, 0.15) is 15.2 Å². The van der Waals surface area contributed by atoms with Crippen LogP contribution in [0.3, 0.4) is 0 Å². The number of hydrogen-bond acceptors (Lipinski definition) is 11. The Morgan fingerprint density at radius 3 is 2.81 bits per heavy atom. The lowest BCUT2D eigenvalue weighted by Crippen LogP contribution is -2.36. The minimum absolute atomic E-state index is 0.173. The number of nitrogens with one attached hydrogen (secondary N) is 2. The average Bonchev–Trinajstić information content (AvgIpc) is 3.59. The summed E-state index contributed by atoms with van der Waals surface area (Å²) in [5.74, 6) is 1.35. The van der Waals surface area contributed by atoms with E-state index in [1.165, 1.54) is 12.4 Å². The number of H-pyrrole nitrogens is 1. The first-order chi connectivity index (χ1) is 18.1. The number of anilines is 2. The predicted molar refractivity (Wildman–Crippen MR) is 139 cm³/mol. The maximum atomic E-state index is 11.6. The van der Waals surface area contributed by atoms with Crippen molar-refractivity contribution in [3.8, 4) is 11.4 Å². The van der Waals surface area contributed by atoms with E-state index in [-0.39, 0.29) is 5.56 Å². The molecule has 0 atom stereocenters. The average molecular weight is 518 g/mol. The molecular formula is C24H23N9O3S. The molecule has 1 aliphatic rings. The number of carbonyl (C=O) groups excluding carboxylic acids is 1. The topological polar surface area (TPSA) is 145 Å². The van der Waals surface area contributed by atoms with E-state index in [1.54, 1.807) is 23.0 Å². The van der Waals surface area contributed by atoms with Gasteiger partial charge in [0.2, 0.25) is 5.95 Å². The summed E-state index contributed by atoms with van der Waals surface area (Å²) in [6.45, 7) is 3.37. The van der Waals surface area contributed by atoms with Crippen LogP contribution in [0.5, 0.6) is 0 Å². The number of rotatable bonds is 6. The van der Waals surface area contributed by atoms with Gasteiger partial charge in [0.1, 0.15) is 0 Å². The van der Waals surface area contributed by atoms with E-state index in [0.717, 1.165) is 50.5 Å². The molecule has 0 unspecified atom stereocenters. The first-order valence-electron chi connectivity index (χ1n) is 11.6. The van der Waals surface area contributed by atoms with Crippen molar-refractivity contribution in [2.24, 2.45) is 0 Å². The number of carbonyl (C=O) groups is 1. The molecule has 0 radical (unpaired) electrons. The van der Waals surface area contributed by atoms with Gasteiger partial charge in [-0.15, -0.1) is 11.3 Å². The van der Waals surface area contributed by atoms with Crippen molar-refractivity contribution in [3.05, 3.63) is 53.3 Å². The van der Waals surface area contributed by atoms with Crippen LogP contribution < -0.4 is 15.3 Å². The summed E-state index contributed by atoms with van der Waals surface area (Å²) >= 11 is 1.64. The Balaban J connectivity index is 1.37. The Morgan fingerprint density at radius 1 is 1.22 bits per heavy atom. The Bertz CT molecular complexity index is 1580. The van der Waals surface area contributed by atoms with E-state index in [1.807, 2.05) is 30.1 Å². The van der Waals surface area contributed by atoms with Gasteiger partial charge in [-0.25, -0.2) is 25.4 Å². The molecule has 1 aliphatic heterocycles. The molecule has 6 rings (SSSR count). The standard InChI is InChI=1S/C24H23N9O3S/c1-32(24-25-10-14(11-26-24)23(34)31-35)13-15-9-19-20(37-15)22(33-5-7-36-8-6-33)29-21(28-19)16-3-2-4-18-17(16)12-27-30-18/h2-4,9-12,35H,5-8,13H2,1H3,(H,27,30)(H,31,34). The number of thiophene rings is 1. The van der Waals surface area contributed by atoms with Gasteiger partial charge in [-0.2, -0.15) is 5.10 Å². The highest BCUT2D eigenvalue weighted by molar-refractivity contribution is 7.19. The summed E-state index contributed by atoms with van der Waals surface area (Å²) in [6.07, 6.45) is 4.55. The molecule has 0 bridgehead atoms. The number of benzene rings is 1. The second kappa shape index (κ2) is 9.69. The number of amides is 1. The molecule has 5 aromatic rings. The van der Waals surface area contributed by atoms with Crippen molar-refractivity contribution >= 4 is 50.1 Å². The van der Waals surface area contributed by atoms with Gasteiger partial charge >= 0.3 is 0 Å². The quantitative estimate of drug-likeness (QED) is 0.227. The second-order valence-corrected chi connectivity index (χ2v) is 9.74. The van der Waals surface area contributed by atoms with Crippen molar-refractivity contribution in [1.82, 2.24) is 35.6 Å². The van der Waals surface area contributed by atoms with Crippen LogP contribution in [0.2, 0.25) is 0 Å². The molecule has 0 aliphatic carbocycles. The molecule has 3 N–H and O–H groups in total. The van der Waals surface area contributed by atoms with E-state index < -0.39 is 5.91 Å². The van der Waals surface area contributed by atoms with E-state index in [9.17, 15) is 4.79 Å². The maximum Gasteiger partial charge on any atom is 0.277 e. The number of hydroxylamine groups is 1. The summed E-state index contributed by atoms with van der Waals surface area (Å²) < 4.78 is 6.60. The van der Waals surface area contributed by atoms with Crippen LogP contribution in [-0.2, 0) is 11.3 Å². The van der Waals surface area contributed by atoms with Crippen LogP contribution in [0, 0.1) is 0 Å². The fourth-order valence-electron chi connectivity index (χ4n) is 4.32. The molecule has 5 heterocycles.